The molecule has 3 fully saturated rings. The molecule has 2 saturated carbocycles. The average molecular weight is 435 g/mol. The van der Waals surface area contributed by atoms with Crippen LogP contribution in [0.2, 0.25) is 0 Å². The Morgan fingerprint density at radius 3 is 2.41 bits per heavy atom. The lowest BCUT2D eigenvalue weighted by atomic mass is 9.78. The van der Waals surface area contributed by atoms with Gasteiger partial charge in [0.25, 0.3) is 0 Å². The molecule has 1 N–H and O–H groups in total. The molecule has 4 heteroatoms. The van der Waals surface area contributed by atoms with E-state index < -0.39 is 0 Å². The molecular weight excluding hydrogens is 396 g/mol. The lowest BCUT2D eigenvalue weighted by Gasteiger charge is -2.34. The normalized spacial score (nSPS) is 25.9. The Balaban J connectivity index is 1.12. The Labute approximate surface area is 192 Å². The van der Waals surface area contributed by atoms with Gasteiger partial charge in [-0.3, -0.25) is 9.59 Å². The molecule has 0 unspecified atom stereocenters. The molecule has 3 aliphatic carbocycles. The van der Waals surface area contributed by atoms with Gasteiger partial charge in [0.15, 0.2) is 0 Å². The highest BCUT2D eigenvalue weighted by Crippen LogP contribution is 2.59. The van der Waals surface area contributed by atoms with Crippen molar-refractivity contribution in [1.82, 2.24) is 10.2 Å². The number of amides is 2. The Morgan fingerprint density at radius 2 is 1.72 bits per heavy atom. The molecule has 4 aliphatic rings. The van der Waals surface area contributed by atoms with E-state index in [1.165, 1.54) is 49.7 Å². The van der Waals surface area contributed by atoms with Crippen LogP contribution in [0.5, 0.6) is 0 Å². The Morgan fingerprint density at radius 1 is 0.969 bits per heavy atom. The molecule has 2 amide bonds. The van der Waals surface area contributed by atoms with Crippen LogP contribution < -0.4 is 5.32 Å². The third kappa shape index (κ3) is 4.38. The molecule has 172 valence electrons. The standard InChI is InChI=1S/C28H38N2O2/c31-25(19-22-9-3-1-4-10-22)30-17-15-27(16-18-30)20-24(27)26(32)29-21-28(13-7-8-14-28)23-11-5-2-6-12-23/h2,5-6,9,11-12,24H,1,3-4,7-8,10,13-21H2,(H,29,32)/t24-/m0/s1. The first-order valence-electron chi connectivity index (χ1n) is 12.9. The van der Waals surface area contributed by atoms with Gasteiger partial charge in [-0.1, -0.05) is 54.8 Å². The molecule has 0 aromatic heterocycles. The lowest BCUT2D eigenvalue weighted by Crippen LogP contribution is -2.42. The van der Waals surface area contributed by atoms with Crippen molar-refractivity contribution in [1.29, 1.82) is 0 Å². The number of likely N-dealkylation sites (tertiary alicyclic amines) is 1. The summed E-state index contributed by atoms with van der Waals surface area (Å²) in [5.74, 6) is 0.690. The molecular formula is C28H38N2O2. The molecule has 1 saturated heterocycles. The van der Waals surface area contributed by atoms with Gasteiger partial charge in [-0.15, -0.1) is 0 Å². The molecule has 1 spiro atoms. The van der Waals surface area contributed by atoms with Crippen molar-refractivity contribution in [3.63, 3.8) is 0 Å². The van der Waals surface area contributed by atoms with Crippen molar-refractivity contribution < 1.29 is 9.59 Å². The van der Waals surface area contributed by atoms with E-state index in [9.17, 15) is 9.59 Å². The van der Waals surface area contributed by atoms with E-state index in [0.29, 0.717) is 12.3 Å². The quantitative estimate of drug-likeness (QED) is 0.631. The average Bonchev–Trinajstić information content (AvgIpc) is 3.31. The van der Waals surface area contributed by atoms with Crippen LogP contribution in [-0.4, -0.2) is 36.3 Å². The van der Waals surface area contributed by atoms with Gasteiger partial charge in [0.05, 0.1) is 0 Å². The van der Waals surface area contributed by atoms with E-state index in [-0.39, 0.29) is 22.7 Å². The van der Waals surface area contributed by atoms with Crippen molar-refractivity contribution in [2.75, 3.05) is 19.6 Å². The monoisotopic (exact) mass is 434 g/mol. The highest BCUT2D eigenvalue weighted by Gasteiger charge is 2.58. The van der Waals surface area contributed by atoms with Crippen molar-refractivity contribution in [2.45, 2.75) is 82.5 Å². The van der Waals surface area contributed by atoms with E-state index in [4.69, 9.17) is 0 Å². The highest BCUT2D eigenvalue weighted by molar-refractivity contribution is 5.83. The highest BCUT2D eigenvalue weighted by atomic mass is 16.2. The number of piperidine rings is 1. The fourth-order valence-corrected chi connectivity index (χ4v) is 6.63. The summed E-state index contributed by atoms with van der Waals surface area (Å²) in [6, 6.07) is 10.8. The molecule has 0 bridgehead atoms. The minimum absolute atomic E-state index is 0.114. The number of nitrogens with one attached hydrogen (secondary N) is 1. The maximum absolute atomic E-state index is 13.1. The van der Waals surface area contributed by atoms with Gasteiger partial charge in [0, 0.05) is 37.4 Å². The number of allylic oxidation sites excluding steroid dienone is 1. The third-order valence-corrected chi connectivity index (χ3v) is 8.93. The van der Waals surface area contributed by atoms with Crippen molar-refractivity contribution in [3.05, 3.63) is 47.5 Å². The fourth-order valence-electron chi connectivity index (χ4n) is 6.63. The number of hydrogen-bond acceptors (Lipinski definition) is 2. The van der Waals surface area contributed by atoms with Crippen LogP contribution in [0.15, 0.2) is 42.0 Å². The van der Waals surface area contributed by atoms with Gasteiger partial charge in [-0.05, 0) is 68.8 Å². The van der Waals surface area contributed by atoms with Crippen LogP contribution >= 0.6 is 0 Å². The molecule has 1 atom stereocenters. The molecule has 32 heavy (non-hydrogen) atoms. The largest absolute Gasteiger partial charge is 0.355 e. The van der Waals surface area contributed by atoms with Crippen LogP contribution in [0.3, 0.4) is 0 Å². The Hall–Kier alpha value is -2.10. The topological polar surface area (TPSA) is 49.4 Å². The molecule has 5 rings (SSSR count). The number of benzene rings is 1. The Bertz CT molecular complexity index is 861. The number of nitrogens with zero attached hydrogens (tertiary/aromatic N) is 1. The van der Waals surface area contributed by atoms with Crippen molar-refractivity contribution in [3.8, 4) is 0 Å². The van der Waals surface area contributed by atoms with Crippen LogP contribution in [0.25, 0.3) is 0 Å². The van der Waals surface area contributed by atoms with Gasteiger partial charge in [0.1, 0.15) is 0 Å². The molecule has 1 aromatic carbocycles. The number of carbonyl (C=O) groups excluding carboxylic acids is 2. The smallest absolute Gasteiger partial charge is 0.226 e. The van der Waals surface area contributed by atoms with E-state index in [0.717, 1.165) is 51.7 Å². The molecule has 1 heterocycles. The number of hydrogen-bond donors (Lipinski definition) is 1. The Kier molecular flexibility index (Phi) is 6.14. The maximum atomic E-state index is 13.1. The molecule has 1 aromatic rings. The van der Waals surface area contributed by atoms with Crippen molar-refractivity contribution in [2.24, 2.45) is 11.3 Å². The van der Waals surface area contributed by atoms with E-state index in [1.807, 2.05) is 0 Å². The van der Waals surface area contributed by atoms with Gasteiger partial charge < -0.3 is 10.2 Å². The van der Waals surface area contributed by atoms with Crippen LogP contribution in [0.4, 0.5) is 0 Å². The summed E-state index contributed by atoms with van der Waals surface area (Å²) < 4.78 is 0. The van der Waals surface area contributed by atoms with E-state index in [1.54, 1.807) is 0 Å². The maximum Gasteiger partial charge on any atom is 0.226 e. The second-order valence-corrected chi connectivity index (χ2v) is 10.9. The first-order chi connectivity index (χ1) is 15.6. The molecule has 1 aliphatic heterocycles. The molecule has 4 nitrogen and oxygen atoms in total. The second kappa shape index (κ2) is 9.03. The first kappa shape index (κ1) is 21.7. The summed E-state index contributed by atoms with van der Waals surface area (Å²) >= 11 is 0. The van der Waals surface area contributed by atoms with Crippen LogP contribution in [0, 0.1) is 11.3 Å². The van der Waals surface area contributed by atoms with Gasteiger partial charge >= 0.3 is 0 Å². The summed E-state index contributed by atoms with van der Waals surface area (Å²) in [6.45, 7) is 2.41. The minimum atomic E-state index is 0.114. The van der Waals surface area contributed by atoms with Gasteiger partial charge in [0.2, 0.25) is 11.8 Å². The van der Waals surface area contributed by atoms with Crippen molar-refractivity contribution >= 4 is 11.8 Å². The zero-order valence-corrected chi connectivity index (χ0v) is 19.4. The van der Waals surface area contributed by atoms with Gasteiger partial charge in [-0.25, -0.2) is 0 Å². The number of carbonyl (C=O) groups is 2. The summed E-state index contributed by atoms with van der Waals surface area (Å²) in [5.41, 5.74) is 2.98. The zero-order chi connectivity index (χ0) is 22.0. The van der Waals surface area contributed by atoms with E-state index >= 15 is 0 Å². The van der Waals surface area contributed by atoms with E-state index in [2.05, 4.69) is 46.6 Å². The predicted octanol–water partition coefficient (Wildman–Crippen LogP) is 5.13. The summed E-state index contributed by atoms with van der Waals surface area (Å²) in [5, 5.41) is 3.36. The fraction of sp³-hybridized carbons (Fsp3) is 0.643. The minimum Gasteiger partial charge on any atom is -0.355 e. The van der Waals surface area contributed by atoms with Crippen LogP contribution in [-0.2, 0) is 15.0 Å². The SMILES string of the molecule is O=C(NCC1(c2ccccc2)CCCC1)[C@@H]1CC12CCN(C(=O)CC1=CCCCC1)CC2. The zero-order valence-electron chi connectivity index (χ0n) is 19.4. The summed E-state index contributed by atoms with van der Waals surface area (Å²) in [6.07, 6.45) is 15.4. The summed E-state index contributed by atoms with van der Waals surface area (Å²) in [7, 11) is 0. The lowest BCUT2D eigenvalue weighted by molar-refractivity contribution is -0.132. The first-order valence-corrected chi connectivity index (χ1v) is 12.9. The molecule has 0 radical (unpaired) electrons. The van der Waals surface area contributed by atoms with Crippen LogP contribution in [0.1, 0.15) is 82.6 Å². The van der Waals surface area contributed by atoms with Gasteiger partial charge in [-0.2, -0.15) is 0 Å². The summed E-state index contributed by atoms with van der Waals surface area (Å²) in [4.78, 5) is 27.9. The third-order valence-electron chi connectivity index (χ3n) is 8.93. The number of rotatable bonds is 6. The predicted molar refractivity (Wildman–Crippen MR) is 127 cm³/mol. The second-order valence-electron chi connectivity index (χ2n) is 10.9.